The fourth-order valence-electron chi connectivity index (χ4n) is 1.85. The Labute approximate surface area is 135 Å². The molecular formula is C16H17N3O3S. The van der Waals surface area contributed by atoms with Crippen molar-refractivity contribution >= 4 is 27.3 Å². The number of anilines is 1. The summed E-state index contributed by atoms with van der Waals surface area (Å²) in [4.78, 5) is 13.2. The van der Waals surface area contributed by atoms with E-state index in [1.54, 1.807) is 6.92 Å². The van der Waals surface area contributed by atoms with Crippen LogP contribution in [0, 0.1) is 0 Å². The van der Waals surface area contributed by atoms with Gasteiger partial charge in [-0.25, -0.2) is 0 Å². The minimum absolute atomic E-state index is 0.0659. The number of carbonyl (C=O) groups is 1. The van der Waals surface area contributed by atoms with Gasteiger partial charge >= 0.3 is 0 Å². The van der Waals surface area contributed by atoms with Crippen LogP contribution in [0.5, 0.6) is 0 Å². The summed E-state index contributed by atoms with van der Waals surface area (Å²) in [5, 5.41) is 6.50. The molecule has 0 aliphatic carbocycles. The molecule has 0 aromatic heterocycles. The zero-order chi connectivity index (χ0) is 16.9. The molecule has 0 aliphatic rings. The van der Waals surface area contributed by atoms with E-state index in [4.69, 9.17) is 0 Å². The number of sulfonamides is 1. The van der Waals surface area contributed by atoms with Crippen LogP contribution in [-0.2, 0) is 14.8 Å². The largest absolute Gasteiger partial charge is 0.326 e. The van der Waals surface area contributed by atoms with Crippen molar-refractivity contribution in [2.24, 2.45) is 5.10 Å². The van der Waals surface area contributed by atoms with Crippen molar-refractivity contribution in [3.63, 3.8) is 0 Å². The minimum Gasteiger partial charge on any atom is -0.326 e. The summed E-state index contributed by atoms with van der Waals surface area (Å²) >= 11 is 0. The highest BCUT2D eigenvalue weighted by Crippen LogP contribution is 2.14. The maximum Gasteiger partial charge on any atom is 0.276 e. The van der Waals surface area contributed by atoms with Gasteiger partial charge in [0.05, 0.1) is 10.6 Å². The van der Waals surface area contributed by atoms with E-state index in [1.165, 1.54) is 31.2 Å². The average Bonchev–Trinajstić information content (AvgIpc) is 2.53. The predicted octanol–water partition coefficient (Wildman–Crippen LogP) is 2.35. The average molecular weight is 331 g/mol. The quantitative estimate of drug-likeness (QED) is 0.651. The minimum atomic E-state index is -3.76. The molecule has 2 aromatic carbocycles. The van der Waals surface area contributed by atoms with E-state index in [9.17, 15) is 13.2 Å². The van der Waals surface area contributed by atoms with Crippen LogP contribution in [0.1, 0.15) is 19.4 Å². The van der Waals surface area contributed by atoms with Gasteiger partial charge in [0.2, 0.25) is 5.91 Å². The lowest BCUT2D eigenvalue weighted by Crippen LogP contribution is -2.20. The Morgan fingerprint density at radius 2 is 1.57 bits per heavy atom. The molecular weight excluding hydrogens is 314 g/mol. The first-order chi connectivity index (χ1) is 10.9. The third-order valence-electron chi connectivity index (χ3n) is 3.01. The maximum absolute atomic E-state index is 12.2. The van der Waals surface area contributed by atoms with Crippen molar-refractivity contribution in [3.8, 4) is 0 Å². The summed E-state index contributed by atoms with van der Waals surface area (Å²) in [7, 11) is -3.76. The van der Waals surface area contributed by atoms with Crippen LogP contribution in [0.15, 0.2) is 64.6 Å². The number of amides is 1. The smallest absolute Gasteiger partial charge is 0.276 e. The van der Waals surface area contributed by atoms with Crippen LogP contribution in [0.25, 0.3) is 0 Å². The van der Waals surface area contributed by atoms with E-state index in [1.807, 2.05) is 30.3 Å². The number of hydrogen-bond donors (Lipinski definition) is 2. The highest BCUT2D eigenvalue weighted by molar-refractivity contribution is 7.89. The van der Waals surface area contributed by atoms with Crippen LogP contribution in [0.2, 0.25) is 0 Å². The summed E-state index contributed by atoms with van der Waals surface area (Å²) < 4.78 is 24.4. The monoisotopic (exact) mass is 331 g/mol. The SMILES string of the molecule is CC(=O)Nc1ccc(S(=O)(=O)N/N=C(\C)c2ccccc2)cc1. The number of hydrogen-bond acceptors (Lipinski definition) is 4. The van der Waals surface area contributed by atoms with Crippen LogP contribution in [0.4, 0.5) is 5.69 Å². The topological polar surface area (TPSA) is 87.6 Å². The van der Waals surface area contributed by atoms with Gasteiger partial charge in [-0.1, -0.05) is 30.3 Å². The van der Waals surface area contributed by atoms with Gasteiger partial charge in [0, 0.05) is 12.6 Å². The van der Waals surface area contributed by atoms with Gasteiger partial charge in [0.1, 0.15) is 0 Å². The zero-order valence-electron chi connectivity index (χ0n) is 12.8. The molecule has 0 saturated carbocycles. The van der Waals surface area contributed by atoms with E-state index in [0.29, 0.717) is 11.4 Å². The first kappa shape index (κ1) is 16.7. The third-order valence-corrected chi connectivity index (χ3v) is 4.23. The Bertz CT molecular complexity index is 813. The molecule has 0 aliphatic heterocycles. The molecule has 0 bridgehead atoms. The van der Waals surface area contributed by atoms with Crippen LogP contribution >= 0.6 is 0 Å². The fourth-order valence-corrected chi connectivity index (χ4v) is 2.70. The van der Waals surface area contributed by atoms with Crippen molar-refractivity contribution in [1.29, 1.82) is 0 Å². The van der Waals surface area contributed by atoms with Gasteiger partial charge in [-0.15, -0.1) is 0 Å². The second kappa shape index (κ2) is 7.06. The fraction of sp³-hybridized carbons (Fsp3) is 0.125. The predicted molar refractivity (Wildman–Crippen MR) is 89.7 cm³/mol. The van der Waals surface area contributed by atoms with E-state index < -0.39 is 10.0 Å². The number of benzene rings is 2. The van der Waals surface area contributed by atoms with Crippen molar-refractivity contribution in [2.75, 3.05) is 5.32 Å². The molecule has 2 rings (SSSR count). The van der Waals surface area contributed by atoms with Gasteiger partial charge in [-0.3, -0.25) is 4.79 Å². The number of rotatable bonds is 5. The van der Waals surface area contributed by atoms with Gasteiger partial charge in [-0.05, 0) is 36.8 Å². The Hall–Kier alpha value is -2.67. The lowest BCUT2D eigenvalue weighted by Gasteiger charge is -2.07. The Morgan fingerprint density at radius 3 is 2.13 bits per heavy atom. The molecule has 120 valence electrons. The van der Waals surface area contributed by atoms with Crippen molar-refractivity contribution < 1.29 is 13.2 Å². The molecule has 6 nitrogen and oxygen atoms in total. The van der Waals surface area contributed by atoms with Gasteiger partial charge in [-0.2, -0.15) is 18.4 Å². The molecule has 7 heteroatoms. The summed E-state index contributed by atoms with van der Waals surface area (Å²) in [6.45, 7) is 3.10. The Balaban J connectivity index is 2.14. The maximum atomic E-state index is 12.2. The summed E-state index contributed by atoms with van der Waals surface area (Å²) in [6, 6.07) is 15.1. The summed E-state index contributed by atoms with van der Waals surface area (Å²) in [5.74, 6) is -0.221. The second-order valence-corrected chi connectivity index (χ2v) is 6.52. The lowest BCUT2D eigenvalue weighted by atomic mass is 10.1. The lowest BCUT2D eigenvalue weighted by molar-refractivity contribution is -0.114. The number of nitrogens with one attached hydrogen (secondary N) is 2. The number of nitrogens with zero attached hydrogens (tertiary/aromatic N) is 1. The summed E-state index contributed by atoms with van der Waals surface area (Å²) in [5.41, 5.74) is 1.92. The molecule has 0 fully saturated rings. The van der Waals surface area contributed by atoms with Gasteiger partial charge in [0.25, 0.3) is 10.0 Å². The summed E-state index contributed by atoms with van der Waals surface area (Å²) in [6.07, 6.45) is 0. The molecule has 0 saturated heterocycles. The highest BCUT2D eigenvalue weighted by Gasteiger charge is 2.13. The normalized spacial score (nSPS) is 11.8. The first-order valence-corrected chi connectivity index (χ1v) is 8.36. The molecule has 0 heterocycles. The second-order valence-electron chi connectivity index (χ2n) is 4.86. The molecule has 2 N–H and O–H groups in total. The van der Waals surface area contributed by atoms with E-state index in [2.05, 4.69) is 15.2 Å². The van der Waals surface area contributed by atoms with E-state index >= 15 is 0 Å². The zero-order valence-corrected chi connectivity index (χ0v) is 13.6. The van der Waals surface area contributed by atoms with Crippen molar-refractivity contribution in [3.05, 3.63) is 60.2 Å². The van der Waals surface area contributed by atoms with Crippen LogP contribution in [-0.4, -0.2) is 20.0 Å². The van der Waals surface area contributed by atoms with Crippen LogP contribution in [0.3, 0.4) is 0 Å². The van der Waals surface area contributed by atoms with E-state index in [-0.39, 0.29) is 10.8 Å². The molecule has 0 unspecified atom stereocenters. The molecule has 23 heavy (non-hydrogen) atoms. The first-order valence-electron chi connectivity index (χ1n) is 6.87. The van der Waals surface area contributed by atoms with Crippen molar-refractivity contribution in [2.45, 2.75) is 18.7 Å². The Kier molecular flexibility index (Phi) is 5.13. The highest BCUT2D eigenvalue weighted by atomic mass is 32.2. The molecule has 1 amide bonds. The van der Waals surface area contributed by atoms with Gasteiger partial charge in [0.15, 0.2) is 0 Å². The van der Waals surface area contributed by atoms with E-state index in [0.717, 1.165) is 5.56 Å². The third kappa shape index (κ3) is 4.65. The molecule has 0 spiro atoms. The Morgan fingerprint density at radius 1 is 0.957 bits per heavy atom. The van der Waals surface area contributed by atoms with Crippen LogP contribution < -0.4 is 10.1 Å². The number of carbonyl (C=O) groups excluding carboxylic acids is 1. The van der Waals surface area contributed by atoms with Crippen molar-refractivity contribution in [1.82, 2.24) is 4.83 Å². The molecule has 0 radical (unpaired) electrons. The number of hydrazone groups is 1. The molecule has 2 aromatic rings. The van der Waals surface area contributed by atoms with Gasteiger partial charge < -0.3 is 5.32 Å². The molecule has 0 atom stereocenters. The standard InChI is InChI=1S/C16H17N3O3S/c1-12(14-6-4-3-5-7-14)18-19-23(21,22)16-10-8-15(9-11-16)17-13(2)20/h3-11,19H,1-2H3,(H,17,20)/b18-12+.